The molecule has 3 unspecified atom stereocenters. The van der Waals surface area contributed by atoms with Gasteiger partial charge in [-0.2, -0.15) is 12.6 Å². The molecule has 2 aromatic rings. The first-order chi connectivity index (χ1) is 19.0. The van der Waals surface area contributed by atoms with E-state index < -0.39 is 41.6 Å². The first-order valence-electron chi connectivity index (χ1n) is 13.8. The molecule has 0 fully saturated rings. The van der Waals surface area contributed by atoms with Gasteiger partial charge in [0.2, 0.25) is 5.91 Å². The average Bonchev–Trinajstić information content (AvgIpc) is 2.86. The standard InChI is InChI=1S/C31H44ClN3O5S/c1-18(2)12-13-21(5)35(29(38)24(17-41)33-30(39)40-31(6,7)8)27(22-14-15-25(36)20(4)16-22)28(37)34-26-19(3)10-9-11-23(26)32/h9-11,14-16,18,21,24,27,36,41H,12-13,17H2,1-8H3,(H,33,39)(H,34,37). The molecule has 226 valence electrons. The predicted octanol–water partition coefficient (Wildman–Crippen LogP) is 6.82. The van der Waals surface area contributed by atoms with Crippen molar-refractivity contribution in [1.29, 1.82) is 0 Å². The maximum atomic E-state index is 14.3. The summed E-state index contributed by atoms with van der Waals surface area (Å²) in [5.74, 6) is -0.544. The van der Waals surface area contributed by atoms with Crippen molar-refractivity contribution in [2.24, 2.45) is 5.92 Å². The fourth-order valence-electron chi connectivity index (χ4n) is 4.40. The molecule has 0 aliphatic heterocycles. The normalized spacial score (nSPS) is 13.7. The fourth-order valence-corrected chi connectivity index (χ4v) is 4.91. The number of phenolic OH excluding ortho intramolecular Hbond substituents is 1. The van der Waals surface area contributed by atoms with Crippen molar-refractivity contribution < 1.29 is 24.2 Å². The van der Waals surface area contributed by atoms with E-state index in [0.717, 1.165) is 12.0 Å². The molecule has 0 saturated heterocycles. The number of carbonyl (C=O) groups excluding carboxylic acids is 3. The average molecular weight is 606 g/mol. The molecule has 0 bridgehead atoms. The van der Waals surface area contributed by atoms with Gasteiger partial charge in [-0.05, 0) is 95.2 Å². The molecule has 0 aromatic heterocycles. The van der Waals surface area contributed by atoms with E-state index in [2.05, 4.69) is 37.1 Å². The summed E-state index contributed by atoms with van der Waals surface area (Å²) in [6.07, 6.45) is 0.664. The number of ether oxygens (including phenoxy) is 1. The summed E-state index contributed by atoms with van der Waals surface area (Å²) >= 11 is 10.8. The van der Waals surface area contributed by atoms with Crippen molar-refractivity contribution in [2.75, 3.05) is 11.1 Å². The van der Waals surface area contributed by atoms with Gasteiger partial charge in [0.15, 0.2) is 0 Å². The third-order valence-electron chi connectivity index (χ3n) is 6.60. The SMILES string of the molecule is Cc1cc(C(C(=O)Nc2c(C)cccc2Cl)N(C(=O)C(CS)NC(=O)OC(C)(C)C)C(C)CCC(C)C)ccc1O. The van der Waals surface area contributed by atoms with E-state index >= 15 is 0 Å². The van der Waals surface area contributed by atoms with Gasteiger partial charge in [0.05, 0.1) is 10.7 Å². The predicted molar refractivity (Wildman–Crippen MR) is 168 cm³/mol. The highest BCUT2D eigenvalue weighted by molar-refractivity contribution is 7.80. The van der Waals surface area contributed by atoms with Crippen molar-refractivity contribution in [3.63, 3.8) is 0 Å². The second-order valence-corrected chi connectivity index (χ2v) is 12.6. The molecule has 0 spiro atoms. The van der Waals surface area contributed by atoms with Crippen molar-refractivity contribution in [3.8, 4) is 5.75 Å². The summed E-state index contributed by atoms with van der Waals surface area (Å²) in [7, 11) is 0. The van der Waals surface area contributed by atoms with Crippen LogP contribution >= 0.6 is 24.2 Å². The monoisotopic (exact) mass is 605 g/mol. The Bertz CT molecular complexity index is 1210. The van der Waals surface area contributed by atoms with Crippen LogP contribution in [0.25, 0.3) is 0 Å². The number of nitrogens with one attached hydrogen (secondary N) is 2. The van der Waals surface area contributed by atoms with Crippen LogP contribution in [0.4, 0.5) is 10.5 Å². The lowest BCUT2D eigenvalue weighted by Crippen LogP contribution is -2.55. The van der Waals surface area contributed by atoms with Crippen LogP contribution in [0.5, 0.6) is 5.75 Å². The summed E-state index contributed by atoms with van der Waals surface area (Å²) in [6.45, 7) is 14.8. The second kappa shape index (κ2) is 14.8. The summed E-state index contributed by atoms with van der Waals surface area (Å²) in [5.41, 5.74) is 1.49. The summed E-state index contributed by atoms with van der Waals surface area (Å²) in [6, 6.07) is 7.54. The zero-order valence-corrected chi connectivity index (χ0v) is 26.9. The highest BCUT2D eigenvalue weighted by atomic mass is 35.5. The largest absolute Gasteiger partial charge is 0.508 e. The minimum atomic E-state index is -1.11. The van der Waals surface area contributed by atoms with E-state index in [1.54, 1.807) is 52.0 Å². The number of hydrogen-bond acceptors (Lipinski definition) is 6. The quantitative estimate of drug-likeness (QED) is 0.210. The van der Waals surface area contributed by atoms with Crippen LogP contribution < -0.4 is 10.6 Å². The molecule has 3 amide bonds. The fraction of sp³-hybridized carbons (Fsp3) is 0.516. The number of aromatic hydroxyl groups is 1. The molecule has 8 nitrogen and oxygen atoms in total. The van der Waals surface area contributed by atoms with E-state index in [1.807, 2.05) is 19.9 Å². The van der Waals surface area contributed by atoms with Crippen LogP contribution in [0.15, 0.2) is 36.4 Å². The zero-order chi connectivity index (χ0) is 31.1. The molecule has 41 heavy (non-hydrogen) atoms. The Morgan fingerprint density at radius 1 is 1.05 bits per heavy atom. The van der Waals surface area contributed by atoms with Crippen LogP contribution in [0.2, 0.25) is 5.02 Å². The first kappa shape index (κ1) is 34.3. The van der Waals surface area contributed by atoms with Gasteiger partial charge in [-0.1, -0.05) is 43.6 Å². The number of hydrogen-bond donors (Lipinski definition) is 4. The lowest BCUT2D eigenvalue weighted by molar-refractivity contribution is -0.143. The van der Waals surface area contributed by atoms with Gasteiger partial charge < -0.3 is 25.4 Å². The minimum Gasteiger partial charge on any atom is -0.508 e. The molecule has 0 aliphatic rings. The number of para-hydroxylation sites is 1. The van der Waals surface area contributed by atoms with Crippen LogP contribution in [0.3, 0.4) is 0 Å². The van der Waals surface area contributed by atoms with Gasteiger partial charge in [0.25, 0.3) is 5.91 Å². The van der Waals surface area contributed by atoms with Gasteiger partial charge >= 0.3 is 6.09 Å². The molecule has 10 heteroatoms. The van der Waals surface area contributed by atoms with Crippen molar-refractivity contribution in [2.45, 2.75) is 92.0 Å². The maximum Gasteiger partial charge on any atom is 0.408 e. The van der Waals surface area contributed by atoms with Crippen molar-refractivity contribution in [1.82, 2.24) is 10.2 Å². The Kier molecular flexibility index (Phi) is 12.4. The highest BCUT2D eigenvalue weighted by Gasteiger charge is 2.39. The number of aryl methyl sites for hydroxylation is 2. The third-order valence-corrected chi connectivity index (χ3v) is 7.28. The number of alkyl carbamates (subject to hydrolysis) is 1. The Hall–Kier alpha value is -2.91. The van der Waals surface area contributed by atoms with E-state index in [9.17, 15) is 19.5 Å². The highest BCUT2D eigenvalue weighted by Crippen LogP contribution is 2.33. The molecule has 0 radical (unpaired) electrons. The number of thiol groups is 1. The number of benzene rings is 2. The molecule has 2 aromatic carbocycles. The number of halogens is 1. The molecule has 0 saturated carbocycles. The topological polar surface area (TPSA) is 108 Å². The summed E-state index contributed by atoms with van der Waals surface area (Å²) in [4.78, 5) is 42.6. The Balaban J connectivity index is 2.65. The second-order valence-electron chi connectivity index (χ2n) is 11.8. The van der Waals surface area contributed by atoms with Crippen LogP contribution in [0.1, 0.15) is 77.1 Å². The van der Waals surface area contributed by atoms with Gasteiger partial charge in [-0.25, -0.2) is 4.79 Å². The van der Waals surface area contributed by atoms with Crippen molar-refractivity contribution in [3.05, 3.63) is 58.1 Å². The molecule has 3 atom stereocenters. The van der Waals surface area contributed by atoms with Crippen LogP contribution in [0, 0.1) is 19.8 Å². The number of carbonyl (C=O) groups is 3. The van der Waals surface area contributed by atoms with Crippen molar-refractivity contribution >= 4 is 47.8 Å². The third kappa shape index (κ3) is 9.85. The molecule has 2 rings (SSSR count). The molecular weight excluding hydrogens is 562 g/mol. The Morgan fingerprint density at radius 3 is 2.24 bits per heavy atom. The van der Waals surface area contributed by atoms with E-state index in [4.69, 9.17) is 16.3 Å². The number of phenols is 1. The van der Waals surface area contributed by atoms with Crippen LogP contribution in [-0.4, -0.2) is 51.4 Å². The first-order valence-corrected chi connectivity index (χ1v) is 14.8. The van der Waals surface area contributed by atoms with E-state index in [-0.39, 0.29) is 11.5 Å². The summed E-state index contributed by atoms with van der Waals surface area (Å²) < 4.78 is 5.39. The maximum absolute atomic E-state index is 14.3. The zero-order valence-electron chi connectivity index (χ0n) is 25.2. The van der Waals surface area contributed by atoms with Gasteiger partial charge in [0, 0.05) is 11.8 Å². The number of rotatable bonds is 11. The molecular formula is C31H44ClN3O5S. The molecule has 3 N–H and O–H groups in total. The molecule has 0 heterocycles. The van der Waals surface area contributed by atoms with E-state index in [0.29, 0.717) is 34.2 Å². The van der Waals surface area contributed by atoms with Gasteiger partial charge in [0.1, 0.15) is 23.4 Å². The number of nitrogens with zero attached hydrogens (tertiary/aromatic N) is 1. The minimum absolute atomic E-state index is 0.0158. The molecule has 0 aliphatic carbocycles. The van der Waals surface area contributed by atoms with Gasteiger partial charge in [-0.3, -0.25) is 9.59 Å². The number of anilines is 1. The summed E-state index contributed by atoms with van der Waals surface area (Å²) in [5, 5.41) is 16.2. The number of amides is 3. The Morgan fingerprint density at radius 2 is 1.71 bits per heavy atom. The van der Waals surface area contributed by atoms with Crippen LogP contribution in [-0.2, 0) is 14.3 Å². The lowest BCUT2D eigenvalue weighted by Gasteiger charge is -2.38. The lowest BCUT2D eigenvalue weighted by atomic mass is 9.96. The Labute approximate surface area is 254 Å². The van der Waals surface area contributed by atoms with Gasteiger partial charge in [-0.15, -0.1) is 0 Å². The smallest absolute Gasteiger partial charge is 0.408 e. The van der Waals surface area contributed by atoms with E-state index in [1.165, 1.54) is 11.0 Å².